The third-order valence-corrected chi connectivity index (χ3v) is 3.85. The SMILES string of the molecule is Cc1cc(NC(=O)N2CCN(c3ccccc3[N+](=O)[O-])CC2)no1. The van der Waals surface area contributed by atoms with Gasteiger partial charge in [0.25, 0.3) is 5.69 Å². The summed E-state index contributed by atoms with van der Waals surface area (Å²) in [6, 6.07) is 8.01. The average molecular weight is 331 g/mol. The summed E-state index contributed by atoms with van der Waals surface area (Å²) < 4.78 is 4.91. The van der Waals surface area contributed by atoms with Crippen molar-refractivity contribution in [1.29, 1.82) is 0 Å². The second-order valence-electron chi connectivity index (χ2n) is 5.47. The van der Waals surface area contributed by atoms with Gasteiger partial charge >= 0.3 is 6.03 Å². The average Bonchev–Trinajstić information content (AvgIpc) is 3.00. The maximum absolute atomic E-state index is 12.2. The smallest absolute Gasteiger partial charge is 0.323 e. The standard InChI is InChI=1S/C15H17N5O4/c1-11-10-14(17-24-11)16-15(21)19-8-6-18(7-9-19)12-4-2-3-5-13(12)20(22)23/h2-5,10H,6-9H2,1H3,(H,16,17,21). The zero-order valence-corrected chi connectivity index (χ0v) is 13.1. The number of carbonyl (C=O) groups excluding carboxylic acids is 1. The first-order chi connectivity index (χ1) is 11.5. The van der Waals surface area contributed by atoms with Crippen molar-refractivity contribution in [1.82, 2.24) is 10.1 Å². The molecule has 1 saturated heterocycles. The van der Waals surface area contributed by atoms with Gasteiger partial charge in [0.2, 0.25) is 0 Å². The molecule has 0 saturated carbocycles. The van der Waals surface area contributed by atoms with Crippen LogP contribution in [-0.4, -0.2) is 47.2 Å². The van der Waals surface area contributed by atoms with Crippen LogP contribution in [0.2, 0.25) is 0 Å². The molecule has 1 aromatic carbocycles. The number of para-hydroxylation sites is 2. The molecule has 2 heterocycles. The Hall–Kier alpha value is -3.10. The van der Waals surface area contributed by atoms with E-state index in [1.54, 1.807) is 36.1 Å². The molecule has 0 radical (unpaired) electrons. The Balaban J connectivity index is 1.62. The first kappa shape index (κ1) is 15.8. The summed E-state index contributed by atoms with van der Waals surface area (Å²) in [4.78, 5) is 26.5. The Morgan fingerprint density at radius 3 is 2.62 bits per heavy atom. The lowest BCUT2D eigenvalue weighted by atomic mass is 10.2. The van der Waals surface area contributed by atoms with E-state index in [4.69, 9.17) is 4.52 Å². The van der Waals surface area contributed by atoms with Gasteiger partial charge < -0.3 is 14.3 Å². The number of nitrogens with zero attached hydrogens (tertiary/aromatic N) is 4. The number of piperazine rings is 1. The molecule has 2 aromatic rings. The molecule has 0 atom stereocenters. The van der Waals surface area contributed by atoms with Gasteiger partial charge in [0, 0.05) is 38.3 Å². The fourth-order valence-corrected chi connectivity index (χ4v) is 2.65. The summed E-state index contributed by atoms with van der Waals surface area (Å²) in [6.07, 6.45) is 0. The van der Waals surface area contributed by atoms with E-state index in [0.717, 1.165) is 0 Å². The molecule has 0 unspecified atom stereocenters. The first-order valence-electron chi connectivity index (χ1n) is 7.52. The maximum Gasteiger partial charge on any atom is 0.323 e. The molecule has 24 heavy (non-hydrogen) atoms. The highest BCUT2D eigenvalue weighted by molar-refractivity contribution is 5.88. The van der Waals surface area contributed by atoms with Crippen molar-refractivity contribution < 1.29 is 14.2 Å². The highest BCUT2D eigenvalue weighted by atomic mass is 16.6. The predicted octanol–water partition coefficient (Wildman–Crippen LogP) is 2.25. The molecule has 1 aromatic heterocycles. The number of aromatic nitrogens is 1. The molecular formula is C15H17N5O4. The van der Waals surface area contributed by atoms with Gasteiger partial charge in [-0.25, -0.2) is 4.79 Å². The van der Waals surface area contributed by atoms with Crippen molar-refractivity contribution >= 4 is 23.2 Å². The van der Waals surface area contributed by atoms with Crippen molar-refractivity contribution in [3.05, 3.63) is 46.2 Å². The van der Waals surface area contributed by atoms with E-state index in [1.807, 2.05) is 4.90 Å². The quantitative estimate of drug-likeness (QED) is 0.683. The Morgan fingerprint density at radius 2 is 2.00 bits per heavy atom. The van der Waals surface area contributed by atoms with Gasteiger partial charge in [-0.05, 0) is 13.0 Å². The molecule has 9 heteroatoms. The molecule has 2 amide bonds. The van der Waals surface area contributed by atoms with Crippen LogP contribution >= 0.6 is 0 Å². The van der Waals surface area contributed by atoms with E-state index in [0.29, 0.717) is 43.4 Å². The van der Waals surface area contributed by atoms with Gasteiger partial charge in [-0.15, -0.1) is 0 Å². The Labute approximate surface area is 138 Å². The van der Waals surface area contributed by atoms with Gasteiger partial charge in [0.1, 0.15) is 11.4 Å². The van der Waals surface area contributed by atoms with Crippen molar-refractivity contribution in [2.75, 3.05) is 36.4 Å². The van der Waals surface area contributed by atoms with Gasteiger partial charge in [0.15, 0.2) is 5.82 Å². The highest BCUT2D eigenvalue weighted by Crippen LogP contribution is 2.28. The van der Waals surface area contributed by atoms with Gasteiger partial charge in [-0.2, -0.15) is 0 Å². The number of urea groups is 1. The molecule has 1 aliphatic rings. The number of hydrogen-bond donors (Lipinski definition) is 1. The zero-order valence-electron chi connectivity index (χ0n) is 13.1. The normalized spacial score (nSPS) is 14.5. The molecular weight excluding hydrogens is 314 g/mol. The van der Waals surface area contributed by atoms with Crippen molar-refractivity contribution in [3.63, 3.8) is 0 Å². The lowest BCUT2D eigenvalue weighted by Crippen LogP contribution is -2.50. The van der Waals surface area contributed by atoms with Gasteiger partial charge in [-0.3, -0.25) is 15.4 Å². The minimum Gasteiger partial charge on any atom is -0.362 e. The minimum atomic E-state index is -0.388. The van der Waals surface area contributed by atoms with Crippen molar-refractivity contribution in [3.8, 4) is 0 Å². The van der Waals surface area contributed by atoms with Crippen LogP contribution in [0, 0.1) is 17.0 Å². The van der Waals surface area contributed by atoms with Crippen molar-refractivity contribution in [2.45, 2.75) is 6.92 Å². The van der Waals surface area contributed by atoms with E-state index in [2.05, 4.69) is 10.5 Å². The number of nitro benzene ring substituents is 1. The zero-order chi connectivity index (χ0) is 17.1. The first-order valence-corrected chi connectivity index (χ1v) is 7.52. The van der Waals surface area contributed by atoms with Crippen LogP contribution < -0.4 is 10.2 Å². The fourth-order valence-electron chi connectivity index (χ4n) is 2.65. The molecule has 3 rings (SSSR count). The summed E-state index contributed by atoms with van der Waals surface area (Å²) in [5.74, 6) is 0.991. The van der Waals surface area contributed by atoms with E-state index >= 15 is 0 Å². The Morgan fingerprint density at radius 1 is 1.29 bits per heavy atom. The van der Waals surface area contributed by atoms with E-state index < -0.39 is 0 Å². The number of rotatable bonds is 3. The molecule has 1 aliphatic heterocycles. The molecule has 126 valence electrons. The van der Waals surface area contributed by atoms with Gasteiger partial charge in [0.05, 0.1) is 4.92 Å². The summed E-state index contributed by atoms with van der Waals surface area (Å²) in [6.45, 7) is 3.73. The van der Waals surface area contributed by atoms with E-state index in [-0.39, 0.29) is 16.6 Å². The predicted molar refractivity (Wildman–Crippen MR) is 87.1 cm³/mol. The van der Waals surface area contributed by atoms with Crippen LogP contribution in [0.15, 0.2) is 34.9 Å². The molecule has 0 spiro atoms. The Bertz CT molecular complexity index is 752. The molecule has 1 N–H and O–H groups in total. The van der Waals surface area contributed by atoms with Crippen LogP contribution in [0.5, 0.6) is 0 Å². The van der Waals surface area contributed by atoms with Crippen LogP contribution in [0.3, 0.4) is 0 Å². The minimum absolute atomic E-state index is 0.0773. The van der Waals surface area contributed by atoms with Crippen LogP contribution in [0.25, 0.3) is 0 Å². The molecule has 0 bridgehead atoms. The lowest BCUT2D eigenvalue weighted by molar-refractivity contribution is -0.384. The molecule has 9 nitrogen and oxygen atoms in total. The summed E-state index contributed by atoms with van der Waals surface area (Å²) in [5, 5.41) is 17.5. The monoisotopic (exact) mass is 331 g/mol. The van der Waals surface area contributed by atoms with E-state index in [1.165, 1.54) is 6.07 Å². The largest absolute Gasteiger partial charge is 0.362 e. The fraction of sp³-hybridized carbons (Fsp3) is 0.333. The number of carbonyl (C=O) groups is 1. The number of hydrogen-bond acceptors (Lipinski definition) is 6. The number of aryl methyl sites for hydroxylation is 1. The number of nitro groups is 1. The number of nitrogens with one attached hydrogen (secondary N) is 1. The third-order valence-electron chi connectivity index (χ3n) is 3.85. The van der Waals surface area contributed by atoms with Gasteiger partial charge in [-0.1, -0.05) is 17.3 Å². The number of amides is 2. The second kappa shape index (κ2) is 6.57. The van der Waals surface area contributed by atoms with Crippen molar-refractivity contribution in [2.24, 2.45) is 0 Å². The number of benzene rings is 1. The highest BCUT2D eigenvalue weighted by Gasteiger charge is 2.25. The summed E-state index contributed by atoms with van der Waals surface area (Å²) in [7, 11) is 0. The van der Waals surface area contributed by atoms with E-state index in [9.17, 15) is 14.9 Å². The summed E-state index contributed by atoms with van der Waals surface area (Å²) >= 11 is 0. The maximum atomic E-state index is 12.2. The molecule has 1 fully saturated rings. The Kier molecular flexibility index (Phi) is 4.32. The lowest BCUT2D eigenvalue weighted by Gasteiger charge is -2.35. The van der Waals surface area contributed by atoms with Crippen LogP contribution in [-0.2, 0) is 0 Å². The van der Waals surface area contributed by atoms with Crippen LogP contribution in [0.1, 0.15) is 5.76 Å². The third kappa shape index (κ3) is 3.29. The van der Waals surface area contributed by atoms with Crippen LogP contribution in [0.4, 0.5) is 22.0 Å². The molecule has 0 aliphatic carbocycles. The number of anilines is 2. The topological polar surface area (TPSA) is 105 Å². The summed E-state index contributed by atoms with van der Waals surface area (Å²) in [5.41, 5.74) is 0.656. The second-order valence-corrected chi connectivity index (χ2v) is 5.47.